The fraction of sp³-hybridized carbons (Fsp3) is 0.538. The molecular weight excluding hydrogens is 249 g/mol. The van der Waals surface area contributed by atoms with Crippen LogP contribution in [0.5, 0.6) is 0 Å². The number of piperidine rings is 1. The number of nitro groups is 1. The molecule has 0 amide bonds. The maximum Gasteiger partial charge on any atom is 0.274 e. The topological polar surface area (TPSA) is 72.4 Å². The number of halogens is 1. The summed E-state index contributed by atoms with van der Waals surface area (Å²) < 4.78 is 13.3. The van der Waals surface area contributed by atoms with Gasteiger partial charge in [-0.05, 0) is 31.9 Å². The van der Waals surface area contributed by atoms with Crippen molar-refractivity contribution in [3.63, 3.8) is 0 Å². The first-order chi connectivity index (χ1) is 8.97. The Morgan fingerprint density at radius 3 is 2.95 bits per heavy atom. The van der Waals surface area contributed by atoms with E-state index in [4.69, 9.17) is 5.73 Å². The van der Waals surface area contributed by atoms with Gasteiger partial charge in [-0.15, -0.1) is 0 Å². The monoisotopic (exact) mass is 267 g/mol. The lowest BCUT2D eigenvalue weighted by Crippen LogP contribution is -2.45. The van der Waals surface area contributed by atoms with E-state index >= 15 is 0 Å². The Kier molecular flexibility index (Phi) is 4.11. The van der Waals surface area contributed by atoms with Crippen molar-refractivity contribution in [3.8, 4) is 0 Å². The third kappa shape index (κ3) is 3.27. The van der Waals surface area contributed by atoms with E-state index in [0.29, 0.717) is 12.1 Å². The van der Waals surface area contributed by atoms with Crippen molar-refractivity contribution in [1.29, 1.82) is 0 Å². The highest BCUT2D eigenvalue weighted by atomic mass is 19.1. The average molecular weight is 267 g/mol. The van der Waals surface area contributed by atoms with Crippen molar-refractivity contribution < 1.29 is 9.31 Å². The lowest BCUT2D eigenvalue weighted by atomic mass is 9.98. The molecule has 1 aliphatic rings. The molecule has 19 heavy (non-hydrogen) atoms. The van der Waals surface area contributed by atoms with E-state index in [-0.39, 0.29) is 17.8 Å². The SMILES string of the molecule is CC1CC(N)CCN1Cc1cc(F)ccc1[N+](=O)[O-]. The lowest BCUT2D eigenvalue weighted by molar-refractivity contribution is -0.385. The summed E-state index contributed by atoms with van der Waals surface area (Å²) in [7, 11) is 0. The van der Waals surface area contributed by atoms with Crippen LogP contribution in [0.1, 0.15) is 25.3 Å². The molecule has 1 heterocycles. The number of rotatable bonds is 3. The van der Waals surface area contributed by atoms with Gasteiger partial charge in [-0.25, -0.2) is 4.39 Å². The van der Waals surface area contributed by atoms with Crippen LogP contribution in [0, 0.1) is 15.9 Å². The van der Waals surface area contributed by atoms with Crippen LogP contribution in [0.4, 0.5) is 10.1 Å². The molecule has 104 valence electrons. The summed E-state index contributed by atoms with van der Waals surface area (Å²) in [4.78, 5) is 12.6. The van der Waals surface area contributed by atoms with Crippen molar-refractivity contribution in [2.45, 2.75) is 38.4 Å². The Morgan fingerprint density at radius 2 is 2.32 bits per heavy atom. The molecule has 2 atom stereocenters. The largest absolute Gasteiger partial charge is 0.328 e. The highest BCUT2D eigenvalue weighted by Gasteiger charge is 2.25. The molecule has 2 rings (SSSR count). The van der Waals surface area contributed by atoms with Gasteiger partial charge in [0.25, 0.3) is 5.69 Å². The zero-order valence-corrected chi connectivity index (χ0v) is 10.9. The van der Waals surface area contributed by atoms with Gasteiger partial charge in [0.15, 0.2) is 0 Å². The number of nitrogens with two attached hydrogens (primary N) is 1. The Bertz CT molecular complexity index is 481. The summed E-state index contributed by atoms with van der Waals surface area (Å²) in [6.45, 7) is 3.22. The van der Waals surface area contributed by atoms with Gasteiger partial charge >= 0.3 is 0 Å². The van der Waals surface area contributed by atoms with Crippen molar-refractivity contribution >= 4 is 5.69 Å². The summed E-state index contributed by atoms with van der Waals surface area (Å²) in [5.41, 5.74) is 6.29. The van der Waals surface area contributed by atoms with Crippen LogP contribution in [-0.4, -0.2) is 28.5 Å². The van der Waals surface area contributed by atoms with Crippen molar-refractivity contribution in [2.24, 2.45) is 5.73 Å². The smallest absolute Gasteiger partial charge is 0.274 e. The van der Waals surface area contributed by atoms with Gasteiger partial charge in [0, 0.05) is 36.8 Å². The maximum atomic E-state index is 13.3. The molecule has 2 unspecified atom stereocenters. The lowest BCUT2D eigenvalue weighted by Gasteiger charge is -2.36. The molecule has 6 heteroatoms. The highest BCUT2D eigenvalue weighted by molar-refractivity contribution is 5.40. The van der Waals surface area contributed by atoms with E-state index in [1.54, 1.807) is 0 Å². The summed E-state index contributed by atoms with van der Waals surface area (Å²) in [6.07, 6.45) is 1.73. The number of nitro benzene ring substituents is 1. The Labute approximate surface area is 111 Å². The standard InChI is InChI=1S/C13H18FN3O2/c1-9-6-12(15)4-5-16(9)8-10-7-11(14)2-3-13(10)17(18)19/h2-3,7,9,12H,4-6,8,15H2,1H3. The van der Waals surface area contributed by atoms with Crippen LogP contribution in [0.2, 0.25) is 0 Å². The van der Waals surface area contributed by atoms with E-state index in [0.717, 1.165) is 25.5 Å². The van der Waals surface area contributed by atoms with E-state index in [9.17, 15) is 14.5 Å². The third-order valence-electron chi connectivity index (χ3n) is 3.67. The van der Waals surface area contributed by atoms with Crippen LogP contribution in [0.15, 0.2) is 18.2 Å². The Morgan fingerprint density at radius 1 is 1.58 bits per heavy atom. The number of hydrogen-bond acceptors (Lipinski definition) is 4. The van der Waals surface area contributed by atoms with E-state index in [1.807, 2.05) is 6.92 Å². The first-order valence-electron chi connectivity index (χ1n) is 6.40. The second-order valence-electron chi connectivity index (χ2n) is 5.13. The van der Waals surface area contributed by atoms with Crippen LogP contribution >= 0.6 is 0 Å². The predicted octanol–water partition coefficient (Wildman–Crippen LogP) is 2.05. The minimum absolute atomic E-state index is 0.0246. The summed E-state index contributed by atoms with van der Waals surface area (Å²) in [6, 6.07) is 4.04. The fourth-order valence-electron chi connectivity index (χ4n) is 2.57. The molecule has 1 aliphatic heterocycles. The Balaban J connectivity index is 2.18. The summed E-state index contributed by atoms with van der Waals surface area (Å²) in [5.74, 6) is -0.443. The van der Waals surface area contributed by atoms with Gasteiger partial charge in [0.05, 0.1) is 4.92 Å². The first kappa shape index (κ1) is 13.9. The molecule has 1 saturated heterocycles. The molecule has 1 aromatic carbocycles. The highest BCUT2D eigenvalue weighted by Crippen LogP contribution is 2.24. The molecule has 1 fully saturated rings. The molecule has 0 saturated carbocycles. The molecule has 2 N–H and O–H groups in total. The Hall–Kier alpha value is -1.53. The van der Waals surface area contributed by atoms with Crippen molar-refractivity contribution in [3.05, 3.63) is 39.7 Å². The normalized spacial score (nSPS) is 24.4. The fourth-order valence-corrected chi connectivity index (χ4v) is 2.57. The van der Waals surface area contributed by atoms with Gasteiger partial charge in [-0.3, -0.25) is 15.0 Å². The van der Waals surface area contributed by atoms with Gasteiger partial charge in [-0.1, -0.05) is 0 Å². The van der Waals surface area contributed by atoms with Crippen LogP contribution in [-0.2, 0) is 6.54 Å². The maximum absolute atomic E-state index is 13.3. The third-order valence-corrected chi connectivity index (χ3v) is 3.67. The zero-order chi connectivity index (χ0) is 14.0. The number of nitrogens with zero attached hydrogens (tertiary/aromatic N) is 2. The van der Waals surface area contributed by atoms with Crippen LogP contribution < -0.4 is 5.73 Å². The minimum atomic E-state index is -0.463. The average Bonchev–Trinajstić information content (AvgIpc) is 2.32. The van der Waals surface area contributed by atoms with Crippen LogP contribution in [0.25, 0.3) is 0 Å². The van der Waals surface area contributed by atoms with E-state index < -0.39 is 10.7 Å². The van der Waals surface area contributed by atoms with Gasteiger partial charge < -0.3 is 5.73 Å². The summed E-state index contributed by atoms with van der Waals surface area (Å²) in [5, 5.41) is 11.0. The molecule has 5 nitrogen and oxygen atoms in total. The van der Waals surface area contributed by atoms with E-state index in [2.05, 4.69) is 4.90 Å². The number of likely N-dealkylation sites (tertiary alicyclic amines) is 1. The summed E-state index contributed by atoms with van der Waals surface area (Å²) >= 11 is 0. The quantitative estimate of drug-likeness (QED) is 0.672. The molecule has 0 radical (unpaired) electrons. The van der Waals surface area contributed by atoms with Gasteiger partial charge in [0.1, 0.15) is 5.82 Å². The molecule has 0 aliphatic carbocycles. The second-order valence-corrected chi connectivity index (χ2v) is 5.13. The van der Waals surface area contributed by atoms with Crippen molar-refractivity contribution in [1.82, 2.24) is 4.90 Å². The molecule has 1 aromatic rings. The van der Waals surface area contributed by atoms with Gasteiger partial charge in [-0.2, -0.15) is 0 Å². The molecule has 0 bridgehead atoms. The molecular formula is C13H18FN3O2. The first-order valence-corrected chi connectivity index (χ1v) is 6.40. The van der Waals surface area contributed by atoms with Crippen LogP contribution in [0.3, 0.4) is 0 Å². The van der Waals surface area contributed by atoms with E-state index in [1.165, 1.54) is 12.1 Å². The molecule has 0 spiro atoms. The number of hydrogen-bond donors (Lipinski definition) is 1. The van der Waals surface area contributed by atoms with Crippen molar-refractivity contribution in [2.75, 3.05) is 6.54 Å². The minimum Gasteiger partial charge on any atom is -0.328 e. The number of benzene rings is 1. The molecule has 0 aromatic heterocycles. The zero-order valence-electron chi connectivity index (χ0n) is 10.9. The second kappa shape index (κ2) is 5.63. The van der Waals surface area contributed by atoms with Gasteiger partial charge in [0.2, 0.25) is 0 Å². The predicted molar refractivity (Wildman–Crippen MR) is 70.1 cm³/mol.